The molecule has 0 N–H and O–H groups in total. The molecule has 0 radical (unpaired) electrons. The average molecular weight is 215 g/mol. The summed E-state index contributed by atoms with van der Waals surface area (Å²) in [5.41, 5.74) is 1.06. The van der Waals surface area contributed by atoms with E-state index in [1.165, 1.54) is 0 Å². The highest BCUT2D eigenvalue weighted by Crippen LogP contribution is 2.24. The van der Waals surface area contributed by atoms with Gasteiger partial charge in [0, 0.05) is 17.5 Å². The Labute approximate surface area is 91.8 Å². The lowest BCUT2D eigenvalue weighted by molar-refractivity contribution is 0.827. The maximum absolute atomic E-state index is 4.48. The van der Waals surface area contributed by atoms with Gasteiger partial charge in [-0.05, 0) is 0 Å². The van der Waals surface area contributed by atoms with Crippen molar-refractivity contribution in [3.05, 3.63) is 36.4 Å². The maximum Gasteiger partial charge on any atom is 0.191 e. The minimum absolute atomic E-state index is 0.796. The molecule has 0 spiro atoms. The Hall–Kier alpha value is -1.55. The van der Waals surface area contributed by atoms with Gasteiger partial charge in [-0.1, -0.05) is 48.2 Å². The second-order valence-corrected chi connectivity index (χ2v) is 4.21. The Morgan fingerprint density at radius 2 is 2.07 bits per heavy atom. The van der Waals surface area contributed by atoms with Gasteiger partial charge in [0.25, 0.3) is 0 Å². The zero-order chi connectivity index (χ0) is 10.1. The van der Waals surface area contributed by atoms with Crippen LogP contribution in [0.3, 0.4) is 0 Å². The highest BCUT2D eigenvalue weighted by molar-refractivity contribution is 7.99. The van der Waals surface area contributed by atoms with Gasteiger partial charge in [-0.3, -0.25) is 0 Å². The number of benzene rings is 1. The van der Waals surface area contributed by atoms with Crippen LogP contribution in [-0.2, 0) is 0 Å². The zero-order valence-corrected chi connectivity index (χ0v) is 8.81. The topological polar surface area (TPSA) is 30.7 Å². The van der Waals surface area contributed by atoms with Crippen LogP contribution in [0.4, 0.5) is 0 Å². The minimum Gasteiger partial charge on any atom is -0.215 e. The molecule has 74 valence electrons. The molecule has 0 bridgehead atoms. The molecule has 0 amide bonds. The smallest absolute Gasteiger partial charge is 0.191 e. The molecule has 0 saturated carbocycles. The van der Waals surface area contributed by atoms with E-state index in [0.29, 0.717) is 0 Å². The van der Waals surface area contributed by atoms with Crippen LogP contribution < -0.4 is 0 Å². The quantitative estimate of drug-likeness (QED) is 0.732. The number of aromatic nitrogens is 3. The molecule has 2 heterocycles. The van der Waals surface area contributed by atoms with Gasteiger partial charge < -0.3 is 0 Å². The van der Waals surface area contributed by atoms with Crippen molar-refractivity contribution in [2.75, 3.05) is 5.75 Å². The summed E-state index contributed by atoms with van der Waals surface area (Å²) in [6.45, 7) is 0. The van der Waals surface area contributed by atoms with Crippen molar-refractivity contribution in [3.63, 3.8) is 0 Å². The van der Waals surface area contributed by atoms with Crippen molar-refractivity contribution in [3.8, 4) is 11.4 Å². The van der Waals surface area contributed by atoms with Gasteiger partial charge in [0.15, 0.2) is 11.0 Å². The number of thioether (sulfide) groups is 1. The van der Waals surface area contributed by atoms with Crippen LogP contribution in [0.1, 0.15) is 0 Å². The lowest BCUT2D eigenvalue weighted by Crippen LogP contribution is -1.96. The van der Waals surface area contributed by atoms with E-state index in [1.807, 2.05) is 41.2 Å². The van der Waals surface area contributed by atoms with Gasteiger partial charge in [0.1, 0.15) is 0 Å². The van der Waals surface area contributed by atoms with E-state index in [4.69, 9.17) is 0 Å². The Bertz CT molecular complexity index is 502. The van der Waals surface area contributed by atoms with Gasteiger partial charge in [-0.2, -0.15) is 0 Å². The summed E-state index contributed by atoms with van der Waals surface area (Å²) >= 11 is 1.71. The van der Waals surface area contributed by atoms with Crippen LogP contribution in [0.25, 0.3) is 17.6 Å². The molecule has 0 saturated heterocycles. The third-order valence-corrected chi connectivity index (χ3v) is 3.08. The third-order valence-electron chi connectivity index (χ3n) is 2.19. The van der Waals surface area contributed by atoms with E-state index in [0.717, 1.165) is 22.3 Å². The maximum atomic E-state index is 4.48. The number of hydrogen-bond acceptors (Lipinski definition) is 3. The summed E-state index contributed by atoms with van der Waals surface area (Å²) in [6, 6.07) is 10.0. The molecule has 0 unspecified atom stereocenters. The van der Waals surface area contributed by atoms with Crippen molar-refractivity contribution in [2.24, 2.45) is 0 Å². The Morgan fingerprint density at radius 1 is 1.20 bits per heavy atom. The van der Waals surface area contributed by atoms with E-state index in [9.17, 15) is 0 Å². The fourth-order valence-electron chi connectivity index (χ4n) is 1.48. The molecule has 4 heteroatoms. The molecular formula is C11H9N3S. The molecule has 1 aromatic carbocycles. The molecular weight excluding hydrogens is 206 g/mol. The highest BCUT2D eigenvalue weighted by Gasteiger charge is 2.11. The normalized spacial score (nSPS) is 13.9. The highest BCUT2D eigenvalue weighted by atomic mass is 32.2. The van der Waals surface area contributed by atoms with E-state index < -0.39 is 0 Å². The van der Waals surface area contributed by atoms with E-state index in [2.05, 4.69) is 16.2 Å². The summed E-state index contributed by atoms with van der Waals surface area (Å²) < 4.78 is 1.83. The minimum atomic E-state index is 0.796. The van der Waals surface area contributed by atoms with Gasteiger partial charge in [-0.15, -0.1) is 5.10 Å². The van der Waals surface area contributed by atoms with Crippen molar-refractivity contribution < 1.29 is 0 Å². The summed E-state index contributed by atoms with van der Waals surface area (Å²) in [7, 11) is 0. The van der Waals surface area contributed by atoms with Gasteiger partial charge in [0.05, 0.1) is 0 Å². The zero-order valence-electron chi connectivity index (χ0n) is 8.00. The first kappa shape index (κ1) is 8.73. The van der Waals surface area contributed by atoms with Crippen molar-refractivity contribution in [1.29, 1.82) is 0 Å². The van der Waals surface area contributed by atoms with Gasteiger partial charge in [0.2, 0.25) is 0 Å². The number of nitrogens with zero attached hydrogens (tertiary/aromatic N) is 3. The predicted octanol–water partition coefficient (Wildman–Crippen LogP) is 2.52. The van der Waals surface area contributed by atoms with Crippen LogP contribution in [0.5, 0.6) is 0 Å². The molecule has 3 nitrogen and oxygen atoms in total. The first-order valence-electron chi connectivity index (χ1n) is 4.75. The summed E-state index contributed by atoms with van der Waals surface area (Å²) in [4.78, 5) is 4.48. The van der Waals surface area contributed by atoms with Crippen molar-refractivity contribution in [2.45, 2.75) is 5.16 Å². The number of rotatable bonds is 1. The van der Waals surface area contributed by atoms with Crippen molar-refractivity contribution >= 4 is 18.0 Å². The third kappa shape index (κ3) is 1.57. The van der Waals surface area contributed by atoms with Crippen LogP contribution >= 0.6 is 11.8 Å². The Balaban J connectivity index is 2.07. The fourth-order valence-corrected chi connectivity index (χ4v) is 2.20. The molecule has 0 fully saturated rings. The average Bonchev–Trinajstić information content (AvgIpc) is 2.74. The fraction of sp³-hybridized carbons (Fsp3) is 0.0909. The summed E-state index contributed by atoms with van der Waals surface area (Å²) in [5, 5.41) is 5.39. The Kier molecular flexibility index (Phi) is 2.07. The molecule has 2 aromatic rings. The Morgan fingerprint density at radius 3 is 2.87 bits per heavy atom. The van der Waals surface area contributed by atoms with E-state index >= 15 is 0 Å². The standard InChI is InChI=1S/C11H9N3S/c1-2-5-9(6-3-1)10-12-11-14(13-10)7-4-8-15-11/h1-7H,8H2. The number of hydrogen-bond donors (Lipinski definition) is 0. The predicted molar refractivity (Wildman–Crippen MR) is 61.5 cm³/mol. The molecule has 1 aliphatic rings. The SMILES string of the molecule is C1=Cn2nc(-c3ccccc3)nc2SC1. The summed E-state index contributed by atoms with van der Waals surface area (Å²) in [6.07, 6.45) is 4.05. The molecule has 0 aliphatic carbocycles. The largest absolute Gasteiger partial charge is 0.215 e. The monoisotopic (exact) mass is 215 g/mol. The van der Waals surface area contributed by atoms with Crippen molar-refractivity contribution in [1.82, 2.24) is 14.8 Å². The second kappa shape index (κ2) is 3.55. The molecule has 0 atom stereocenters. The molecule has 1 aliphatic heterocycles. The lowest BCUT2D eigenvalue weighted by Gasteiger charge is -2.01. The van der Waals surface area contributed by atoms with Crippen LogP contribution in [0.2, 0.25) is 0 Å². The first-order valence-corrected chi connectivity index (χ1v) is 5.73. The second-order valence-electron chi connectivity index (χ2n) is 3.22. The molecule has 15 heavy (non-hydrogen) atoms. The van der Waals surface area contributed by atoms with E-state index in [1.54, 1.807) is 11.8 Å². The first-order chi connectivity index (χ1) is 7.43. The molecule has 3 rings (SSSR count). The van der Waals surface area contributed by atoms with Gasteiger partial charge >= 0.3 is 0 Å². The van der Waals surface area contributed by atoms with Gasteiger partial charge in [-0.25, -0.2) is 9.67 Å². The van der Waals surface area contributed by atoms with E-state index in [-0.39, 0.29) is 0 Å². The van der Waals surface area contributed by atoms with Crippen LogP contribution in [0.15, 0.2) is 41.6 Å². The number of fused-ring (bicyclic) bond motifs is 1. The summed E-state index contributed by atoms with van der Waals surface area (Å²) in [5.74, 6) is 1.78. The van der Waals surface area contributed by atoms with Crippen LogP contribution in [-0.4, -0.2) is 20.5 Å². The lowest BCUT2D eigenvalue weighted by atomic mass is 10.2. The van der Waals surface area contributed by atoms with Crippen LogP contribution in [0, 0.1) is 0 Å². The molecule has 1 aromatic heterocycles.